The van der Waals surface area contributed by atoms with Crippen LogP contribution in [0.2, 0.25) is 0 Å². The standard InChI is InChI=1S/C55H78N4O8/c1-30-11-12-32-13-14-37-31(2)22-47(63)52(3,65)49-34(8-6-7-33(23-39(37)38(32)21-30)40-29-67-50(64)48(40)35-16-19-58-28-35)26-55(66)42-24-44(60)43-25-45(61)46(62)27-54(43,36-9-4-5-10-36)41(42)15-17-53(49,55)18-20-59-51(56)57/h13,16,19,24,28,30-31,33-34,36-41,43,45-49,58,61-63,65-66H,4-5,8-12,14-15,17-18,20-23,25-27,29H2,1-3H3,(H4,56,57,59)/t30-,31+,33+,34-,37-,38+,39-,40+,41-,43-,45+,46-,47+,48+,49+,52-,53-,54-,55+/m0/s1. The first kappa shape index (κ1) is 47.2. The number of aromatic amines is 1. The van der Waals surface area contributed by atoms with Gasteiger partial charge in [-0.2, -0.15) is 0 Å². The summed E-state index contributed by atoms with van der Waals surface area (Å²) in [6, 6.07) is 1.97. The van der Waals surface area contributed by atoms with Gasteiger partial charge in [0, 0.05) is 54.4 Å². The number of ketones is 1. The van der Waals surface area contributed by atoms with Crippen molar-refractivity contribution >= 4 is 17.7 Å². The number of fused-ring (bicyclic) bond motifs is 10. The van der Waals surface area contributed by atoms with Gasteiger partial charge >= 0.3 is 5.97 Å². The Morgan fingerprint density at radius 1 is 0.955 bits per heavy atom. The largest absolute Gasteiger partial charge is 0.465 e. The molecule has 1 aliphatic heterocycles. The Balaban J connectivity index is 1.11. The van der Waals surface area contributed by atoms with Crippen molar-refractivity contribution in [1.82, 2.24) is 4.98 Å². The van der Waals surface area contributed by atoms with Crippen LogP contribution in [0.1, 0.15) is 141 Å². The number of cyclic esters (lactones) is 1. The molecule has 0 bridgehead atoms. The van der Waals surface area contributed by atoms with E-state index in [2.05, 4.69) is 41.7 Å². The Bertz CT molecular complexity index is 2200. The van der Waals surface area contributed by atoms with Crippen LogP contribution in [-0.2, 0) is 14.3 Å². The topological polar surface area (TPSA) is 225 Å². The van der Waals surface area contributed by atoms with Gasteiger partial charge in [0.25, 0.3) is 0 Å². The van der Waals surface area contributed by atoms with E-state index in [9.17, 15) is 35.1 Å². The lowest BCUT2D eigenvalue weighted by molar-refractivity contribution is -0.195. The number of carbonyl (C=O) groups excluding carboxylic acids is 2. The van der Waals surface area contributed by atoms with Crippen molar-refractivity contribution in [2.45, 2.75) is 165 Å². The monoisotopic (exact) mass is 923 g/mol. The van der Waals surface area contributed by atoms with Gasteiger partial charge < -0.3 is 46.7 Å². The average Bonchev–Trinajstić information content (AvgIpc) is 4.11. The number of nitrogens with one attached hydrogen (secondary N) is 1. The van der Waals surface area contributed by atoms with Crippen LogP contribution in [0.3, 0.4) is 0 Å². The number of carbonyl (C=O) groups is 2. The van der Waals surface area contributed by atoms with Crippen LogP contribution < -0.4 is 11.5 Å². The highest BCUT2D eigenvalue weighted by Crippen LogP contribution is 2.73. The van der Waals surface area contributed by atoms with E-state index in [1.54, 1.807) is 18.6 Å². The first-order valence-corrected chi connectivity index (χ1v) is 26.3. The molecule has 1 aromatic rings. The molecule has 366 valence electrons. The van der Waals surface area contributed by atoms with Crippen molar-refractivity contribution in [3.8, 4) is 11.8 Å². The van der Waals surface area contributed by atoms with E-state index >= 15 is 0 Å². The zero-order valence-corrected chi connectivity index (χ0v) is 40.1. The molecular formula is C55H78N4O8. The maximum Gasteiger partial charge on any atom is 0.313 e. The van der Waals surface area contributed by atoms with Crippen LogP contribution in [0, 0.1) is 93.7 Å². The fourth-order valence-electron chi connectivity index (χ4n) is 17.9. The Hall–Kier alpha value is -3.47. The summed E-state index contributed by atoms with van der Waals surface area (Å²) in [4.78, 5) is 36.1. The Morgan fingerprint density at radius 3 is 2.49 bits per heavy atom. The minimum atomic E-state index is -1.69. The van der Waals surface area contributed by atoms with E-state index in [0.717, 1.165) is 56.9 Å². The van der Waals surface area contributed by atoms with Crippen molar-refractivity contribution in [2.75, 3.05) is 13.2 Å². The Labute approximate surface area is 397 Å². The first-order valence-electron chi connectivity index (χ1n) is 26.3. The summed E-state index contributed by atoms with van der Waals surface area (Å²) in [5, 5.41) is 62.9. The predicted octanol–water partition coefficient (Wildman–Crippen LogP) is 6.07. The van der Waals surface area contributed by atoms with Crippen molar-refractivity contribution in [3.05, 3.63) is 47.3 Å². The molecular weight excluding hydrogens is 845 g/mol. The molecule has 0 spiro atoms. The molecule has 8 aliphatic carbocycles. The number of ether oxygens (including phenoxy) is 1. The highest BCUT2D eigenvalue weighted by molar-refractivity contribution is 5.95. The summed E-state index contributed by atoms with van der Waals surface area (Å²) in [6.07, 6.45) is 16.7. The van der Waals surface area contributed by atoms with Crippen LogP contribution in [0.4, 0.5) is 0 Å². The zero-order valence-electron chi connectivity index (χ0n) is 40.1. The van der Waals surface area contributed by atoms with Crippen LogP contribution in [-0.4, -0.2) is 90.9 Å². The lowest BCUT2D eigenvalue weighted by Crippen LogP contribution is -2.65. The highest BCUT2D eigenvalue weighted by atomic mass is 16.5. The molecule has 2 heterocycles. The summed E-state index contributed by atoms with van der Waals surface area (Å²) >= 11 is 0. The van der Waals surface area contributed by atoms with Gasteiger partial charge in [0.15, 0.2) is 11.7 Å². The third-order valence-corrected chi connectivity index (χ3v) is 20.8. The van der Waals surface area contributed by atoms with Crippen molar-refractivity contribution in [1.29, 1.82) is 0 Å². The number of esters is 1. The molecule has 12 nitrogen and oxygen atoms in total. The zero-order chi connectivity index (χ0) is 47.2. The molecule has 1 aromatic heterocycles. The molecule has 0 amide bonds. The highest BCUT2D eigenvalue weighted by Gasteiger charge is 2.74. The molecule has 0 radical (unpaired) electrons. The molecule has 12 heteroatoms. The molecule has 6 fully saturated rings. The van der Waals surface area contributed by atoms with Crippen LogP contribution in [0.5, 0.6) is 0 Å². The molecule has 19 atom stereocenters. The van der Waals surface area contributed by atoms with Gasteiger partial charge in [-0.15, -0.1) is 5.92 Å². The molecule has 5 saturated carbocycles. The third-order valence-electron chi connectivity index (χ3n) is 20.8. The number of H-pyrrole nitrogens is 1. The third kappa shape index (κ3) is 7.61. The second-order valence-corrected chi connectivity index (χ2v) is 23.9. The van der Waals surface area contributed by atoms with Gasteiger partial charge in [0.05, 0.1) is 42.0 Å². The lowest BCUT2D eigenvalue weighted by atomic mass is 9.41. The summed E-state index contributed by atoms with van der Waals surface area (Å²) in [5.41, 5.74) is 10.1. The number of hydrogen-bond acceptors (Lipinski definition) is 9. The second-order valence-electron chi connectivity index (χ2n) is 23.9. The van der Waals surface area contributed by atoms with E-state index in [-0.39, 0.29) is 85.1 Å². The lowest BCUT2D eigenvalue weighted by Gasteiger charge is -2.64. The van der Waals surface area contributed by atoms with Gasteiger partial charge in [0.2, 0.25) is 0 Å². The van der Waals surface area contributed by atoms with Crippen molar-refractivity contribution < 1.29 is 39.9 Å². The van der Waals surface area contributed by atoms with Gasteiger partial charge in [-0.1, -0.05) is 44.3 Å². The molecule has 9 aliphatic rings. The van der Waals surface area contributed by atoms with Gasteiger partial charge in [-0.25, -0.2) is 0 Å². The molecule has 67 heavy (non-hydrogen) atoms. The number of aromatic nitrogens is 1. The number of hydrogen-bond donors (Lipinski definition) is 8. The van der Waals surface area contributed by atoms with Crippen LogP contribution in [0.25, 0.3) is 0 Å². The molecule has 10 N–H and O–H groups in total. The van der Waals surface area contributed by atoms with Gasteiger partial charge in [-0.05, 0) is 173 Å². The maximum atomic E-state index is 14.8. The Kier molecular flexibility index (Phi) is 12.5. The fourth-order valence-corrected chi connectivity index (χ4v) is 17.9. The van der Waals surface area contributed by atoms with E-state index in [0.29, 0.717) is 55.9 Å². The molecule has 10 rings (SSSR count). The quantitative estimate of drug-likeness (QED) is 0.0541. The maximum absolute atomic E-state index is 14.8. The summed E-state index contributed by atoms with van der Waals surface area (Å²) in [6.45, 7) is 6.85. The minimum absolute atomic E-state index is 0.0276. The Morgan fingerprint density at radius 2 is 1.75 bits per heavy atom. The normalized spacial score (nSPS) is 47.6. The average molecular weight is 923 g/mol. The number of aliphatic imine (C=N–C) groups is 1. The first-order chi connectivity index (χ1) is 32.0. The van der Waals surface area contributed by atoms with Gasteiger partial charge in [-0.3, -0.25) is 14.6 Å². The summed E-state index contributed by atoms with van der Waals surface area (Å²) < 4.78 is 5.92. The van der Waals surface area contributed by atoms with Crippen LogP contribution >= 0.6 is 0 Å². The number of aliphatic hydroxyl groups excluding tert-OH is 3. The SMILES string of the molecule is C[C@H]1CCC2=CC[C@@H]3[C@H](C[C@H]([C@H]4COC(=O)[C@@H]4c4cc[nH]c4)C#CC[C@H]4C[C@@]5(O)C6=CC(=O)[C@@H]7C[C@@H](O)[C@@H](O)C[C@]7(C7CCCC7)[C@H]6CC[C@]5(CCN=C(N)N)[C@H]4[C@@](C)(O)[C@H](O)C[C@H]3C)[C@@H]2C1. The number of aliphatic hydroxyl groups is 5. The summed E-state index contributed by atoms with van der Waals surface area (Å²) in [7, 11) is 0. The van der Waals surface area contributed by atoms with Gasteiger partial charge in [0.1, 0.15) is 0 Å². The smallest absolute Gasteiger partial charge is 0.313 e. The molecule has 0 unspecified atom stereocenters. The minimum Gasteiger partial charge on any atom is -0.465 e. The summed E-state index contributed by atoms with van der Waals surface area (Å²) in [5.74, 6) is 6.25. The number of allylic oxidation sites excluding steroid dienone is 3. The van der Waals surface area contributed by atoms with Crippen molar-refractivity contribution in [3.63, 3.8) is 0 Å². The van der Waals surface area contributed by atoms with E-state index < -0.39 is 64.0 Å². The van der Waals surface area contributed by atoms with E-state index in [4.69, 9.17) is 16.2 Å². The van der Waals surface area contributed by atoms with E-state index in [1.807, 2.05) is 18.5 Å². The molecule has 0 aromatic carbocycles. The number of nitrogens with zero attached hydrogens (tertiary/aromatic N) is 1. The second kappa shape index (κ2) is 17.7. The predicted molar refractivity (Wildman–Crippen MR) is 254 cm³/mol. The van der Waals surface area contributed by atoms with E-state index in [1.165, 1.54) is 6.42 Å². The number of rotatable bonds is 6. The number of guanidine groups is 1. The number of nitrogens with two attached hydrogens (primary N) is 2. The fraction of sp³-hybridized carbons (Fsp3) is 0.764. The molecule has 1 saturated heterocycles. The van der Waals surface area contributed by atoms with Crippen LogP contribution in [0.15, 0.2) is 46.8 Å². The van der Waals surface area contributed by atoms with Crippen molar-refractivity contribution in [2.24, 2.45) is 98.3 Å².